The molecule has 32 heavy (non-hydrogen) atoms. The van der Waals surface area contributed by atoms with Gasteiger partial charge in [-0.05, 0) is 54.8 Å². The van der Waals surface area contributed by atoms with E-state index in [-0.39, 0.29) is 10.8 Å². The number of benzene rings is 2. The molecule has 0 spiro atoms. The minimum Gasteiger partial charge on any atom is -0.486 e. The lowest BCUT2D eigenvalue weighted by Crippen LogP contribution is -2.35. The standard InChI is InChI=1S/C23H21N3O5S/c27-23(17-3-1-9-24-15-17)26-10-2-4-16-5-6-18(13-20(16)26)25-32(28,29)19-7-8-21-22(14-19)31-12-11-30-21/h1,3,5-9,13-15,25H,2,4,10-12H2. The van der Waals surface area contributed by atoms with Crippen molar-refractivity contribution in [1.29, 1.82) is 0 Å². The topological polar surface area (TPSA) is 97.8 Å². The Kier molecular flexibility index (Phi) is 5.18. The summed E-state index contributed by atoms with van der Waals surface area (Å²) < 4.78 is 39.6. The molecule has 1 amide bonds. The zero-order valence-electron chi connectivity index (χ0n) is 17.2. The van der Waals surface area contributed by atoms with Crippen molar-refractivity contribution in [2.45, 2.75) is 17.7 Å². The van der Waals surface area contributed by atoms with E-state index in [4.69, 9.17) is 9.47 Å². The molecule has 0 saturated heterocycles. The SMILES string of the molecule is O=C(c1cccnc1)N1CCCc2ccc(NS(=O)(=O)c3ccc4c(c3)OCCO4)cc21. The van der Waals surface area contributed by atoms with Gasteiger partial charge in [0.2, 0.25) is 0 Å². The Morgan fingerprint density at radius 2 is 1.88 bits per heavy atom. The molecule has 1 aromatic heterocycles. The number of rotatable bonds is 4. The van der Waals surface area contributed by atoms with E-state index in [9.17, 15) is 13.2 Å². The first-order chi connectivity index (χ1) is 15.5. The van der Waals surface area contributed by atoms with E-state index in [1.165, 1.54) is 18.3 Å². The number of nitrogens with zero attached hydrogens (tertiary/aromatic N) is 2. The maximum atomic E-state index is 13.0. The second-order valence-corrected chi connectivity index (χ2v) is 9.24. The molecular weight excluding hydrogens is 430 g/mol. The highest BCUT2D eigenvalue weighted by atomic mass is 32.2. The monoisotopic (exact) mass is 451 g/mol. The summed E-state index contributed by atoms with van der Waals surface area (Å²) in [7, 11) is -3.86. The van der Waals surface area contributed by atoms with E-state index in [0.717, 1.165) is 18.4 Å². The second-order valence-electron chi connectivity index (χ2n) is 7.56. The third-order valence-corrected chi connectivity index (χ3v) is 6.81. The molecule has 0 fully saturated rings. The first-order valence-electron chi connectivity index (χ1n) is 10.3. The van der Waals surface area contributed by atoms with Crippen LogP contribution in [0.2, 0.25) is 0 Å². The molecule has 8 nitrogen and oxygen atoms in total. The van der Waals surface area contributed by atoms with Crippen LogP contribution in [0.1, 0.15) is 22.3 Å². The average molecular weight is 452 g/mol. The van der Waals surface area contributed by atoms with Crippen molar-refractivity contribution in [2.24, 2.45) is 0 Å². The summed E-state index contributed by atoms with van der Waals surface area (Å²) in [5, 5.41) is 0. The third-order valence-electron chi connectivity index (χ3n) is 5.43. The molecule has 9 heteroatoms. The molecule has 0 bridgehead atoms. The van der Waals surface area contributed by atoms with Crippen molar-refractivity contribution in [1.82, 2.24) is 4.98 Å². The summed E-state index contributed by atoms with van der Waals surface area (Å²) in [5.74, 6) is 0.761. The number of pyridine rings is 1. The molecule has 0 radical (unpaired) electrons. The van der Waals surface area contributed by atoms with Crippen LogP contribution in [0.15, 0.2) is 65.8 Å². The number of hydrogen-bond acceptors (Lipinski definition) is 6. The number of anilines is 2. The van der Waals surface area contributed by atoms with E-state index >= 15 is 0 Å². The van der Waals surface area contributed by atoms with Crippen molar-refractivity contribution in [3.8, 4) is 11.5 Å². The number of ether oxygens (including phenoxy) is 2. The fourth-order valence-corrected chi connectivity index (χ4v) is 4.96. The van der Waals surface area contributed by atoms with Crippen LogP contribution in [0.25, 0.3) is 0 Å². The summed E-state index contributed by atoms with van der Waals surface area (Å²) in [4.78, 5) is 18.8. The van der Waals surface area contributed by atoms with E-state index in [2.05, 4.69) is 9.71 Å². The lowest BCUT2D eigenvalue weighted by molar-refractivity contribution is 0.0985. The van der Waals surface area contributed by atoms with Gasteiger partial charge in [-0.25, -0.2) is 8.42 Å². The lowest BCUT2D eigenvalue weighted by atomic mass is 10.0. The summed E-state index contributed by atoms with van der Waals surface area (Å²) in [6.07, 6.45) is 4.80. The van der Waals surface area contributed by atoms with Crippen LogP contribution in [0.5, 0.6) is 11.5 Å². The normalized spacial score (nSPS) is 15.1. The van der Waals surface area contributed by atoms with E-state index in [0.29, 0.717) is 48.2 Å². The average Bonchev–Trinajstić information content (AvgIpc) is 2.83. The minimum atomic E-state index is -3.86. The van der Waals surface area contributed by atoms with Crippen molar-refractivity contribution in [3.05, 3.63) is 72.1 Å². The molecule has 3 heterocycles. The molecule has 0 saturated carbocycles. The Labute approximate surface area is 185 Å². The van der Waals surface area contributed by atoms with Gasteiger partial charge in [-0.15, -0.1) is 0 Å². The number of sulfonamides is 1. The molecular formula is C23H21N3O5S. The Hall–Kier alpha value is -3.59. The van der Waals surface area contributed by atoms with Crippen LogP contribution in [0.4, 0.5) is 11.4 Å². The highest BCUT2D eigenvalue weighted by Crippen LogP contribution is 2.34. The van der Waals surface area contributed by atoms with E-state index < -0.39 is 10.0 Å². The number of fused-ring (bicyclic) bond motifs is 2. The van der Waals surface area contributed by atoms with Gasteiger partial charge in [-0.2, -0.15) is 0 Å². The Bertz CT molecular complexity index is 1280. The van der Waals surface area contributed by atoms with Gasteiger partial charge in [0.05, 0.1) is 16.1 Å². The quantitative estimate of drug-likeness (QED) is 0.654. The van der Waals surface area contributed by atoms with Crippen LogP contribution in [-0.2, 0) is 16.4 Å². The number of hydrogen-bond donors (Lipinski definition) is 1. The first kappa shape index (κ1) is 20.3. The molecule has 3 aromatic rings. The van der Waals surface area contributed by atoms with E-state index in [1.807, 2.05) is 6.07 Å². The summed E-state index contributed by atoms with van der Waals surface area (Å²) in [6, 6.07) is 13.2. The van der Waals surface area contributed by atoms with Crippen LogP contribution in [0, 0.1) is 0 Å². The fraction of sp³-hybridized carbons (Fsp3) is 0.217. The molecule has 2 aliphatic rings. The Balaban J connectivity index is 1.44. The summed E-state index contributed by atoms with van der Waals surface area (Å²) in [5.41, 5.74) is 2.57. The number of carbonyl (C=O) groups is 1. The van der Waals surface area contributed by atoms with Gasteiger partial charge in [-0.3, -0.25) is 14.5 Å². The molecule has 2 aromatic carbocycles. The highest BCUT2D eigenvalue weighted by Gasteiger charge is 2.25. The second kappa shape index (κ2) is 8.16. The van der Waals surface area contributed by atoms with Gasteiger partial charge in [0.1, 0.15) is 13.2 Å². The van der Waals surface area contributed by atoms with Gasteiger partial charge in [-0.1, -0.05) is 6.07 Å². The zero-order chi connectivity index (χ0) is 22.1. The molecule has 2 aliphatic heterocycles. The van der Waals surface area contributed by atoms with Gasteiger partial charge in [0.15, 0.2) is 11.5 Å². The Morgan fingerprint density at radius 1 is 1.03 bits per heavy atom. The maximum Gasteiger partial charge on any atom is 0.262 e. The van der Waals surface area contributed by atoms with Gasteiger partial charge >= 0.3 is 0 Å². The molecule has 164 valence electrons. The van der Waals surface area contributed by atoms with Crippen LogP contribution in [0.3, 0.4) is 0 Å². The van der Waals surface area contributed by atoms with Gasteiger partial charge in [0, 0.05) is 30.7 Å². The lowest BCUT2D eigenvalue weighted by Gasteiger charge is -2.30. The van der Waals surface area contributed by atoms with Crippen LogP contribution in [-0.4, -0.2) is 39.1 Å². The number of amides is 1. The number of carbonyl (C=O) groups excluding carboxylic acids is 1. The fourth-order valence-electron chi connectivity index (χ4n) is 3.90. The number of aryl methyl sites for hydroxylation is 1. The first-order valence-corrected chi connectivity index (χ1v) is 11.8. The van der Waals surface area contributed by atoms with Crippen molar-refractivity contribution in [3.63, 3.8) is 0 Å². The Morgan fingerprint density at radius 3 is 2.69 bits per heavy atom. The molecule has 0 atom stereocenters. The number of aromatic nitrogens is 1. The molecule has 5 rings (SSSR count). The third kappa shape index (κ3) is 3.87. The number of nitrogens with one attached hydrogen (secondary N) is 1. The zero-order valence-corrected chi connectivity index (χ0v) is 18.0. The van der Waals surface area contributed by atoms with Crippen LogP contribution < -0.4 is 19.1 Å². The summed E-state index contributed by atoms with van der Waals surface area (Å²) in [6.45, 7) is 1.36. The van der Waals surface area contributed by atoms with Crippen LogP contribution >= 0.6 is 0 Å². The molecule has 0 unspecified atom stereocenters. The predicted molar refractivity (Wildman–Crippen MR) is 119 cm³/mol. The smallest absolute Gasteiger partial charge is 0.262 e. The van der Waals surface area contributed by atoms with Crippen molar-refractivity contribution < 1.29 is 22.7 Å². The van der Waals surface area contributed by atoms with Gasteiger partial charge < -0.3 is 14.4 Å². The predicted octanol–water partition coefficient (Wildman–Crippen LogP) is 3.25. The summed E-state index contributed by atoms with van der Waals surface area (Å²) >= 11 is 0. The molecule has 0 aliphatic carbocycles. The minimum absolute atomic E-state index is 0.0720. The highest BCUT2D eigenvalue weighted by molar-refractivity contribution is 7.92. The van der Waals surface area contributed by atoms with Crippen molar-refractivity contribution >= 4 is 27.3 Å². The van der Waals surface area contributed by atoms with Gasteiger partial charge in [0.25, 0.3) is 15.9 Å². The largest absolute Gasteiger partial charge is 0.486 e. The van der Waals surface area contributed by atoms with E-state index in [1.54, 1.807) is 41.4 Å². The maximum absolute atomic E-state index is 13.0. The van der Waals surface area contributed by atoms with Crippen molar-refractivity contribution in [2.75, 3.05) is 29.4 Å². The molecule has 1 N–H and O–H groups in total.